The number of carbonyl (C=O) groups excluding carboxylic acids is 1. The summed E-state index contributed by atoms with van der Waals surface area (Å²) in [6, 6.07) is 7.68. The van der Waals surface area contributed by atoms with Crippen molar-refractivity contribution in [2.45, 2.75) is 18.9 Å². The van der Waals surface area contributed by atoms with Crippen LogP contribution in [0, 0.1) is 0 Å². The van der Waals surface area contributed by atoms with E-state index in [1.54, 1.807) is 16.5 Å². The van der Waals surface area contributed by atoms with Crippen LogP contribution in [0.2, 0.25) is 0 Å². The Balaban J connectivity index is 1.99. The van der Waals surface area contributed by atoms with Crippen molar-refractivity contribution in [3.05, 3.63) is 30.0 Å². The first-order valence-corrected chi connectivity index (χ1v) is 6.41. The van der Waals surface area contributed by atoms with E-state index in [0.29, 0.717) is 25.2 Å². The molecule has 1 atom stereocenters. The number of hydrogen-bond acceptors (Lipinski definition) is 3. The van der Waals surface area contributed by atoms with E-state index in [9.17, 15) is 9.90 Å². The molecule has 0 aliphatic carbocycles. The number of aromatic nitrogens is 2. The second kappa shape index (κ2) is 4.06. The van der Waals surface area contributed by atoms with Crippen LogP contribution in [0.15, 0.2) is 24.3 Å². The highest BCUT2D eigenvalue weighted by Crippen LogP contribution is 2.24. The van der Waals surface area contributed by atoms with Crippen LogP contribution in [0.25, 0.3) is 10.9 Å². The summed E-state index contributed by atoms with van der Waals surface area (Å²) in [5.41, 5.74) is 0.632. The Labute approximate surface area is 111 Å². The lowest BCUT2D eigenvalue weighted by Gasteiger charge is -2.18. The Morgan fingerprint density at radius 2 is 2.16 bits per heavy atom. The van der Waals surface area contributed by atoms with Gasteiger partial charge in [0.1, 0.15) is 0 Å². The number of β-amino-alcohol motifs (C(OH)–C–C–N with tert-alkyl or cyclic N) is 1. The van der Waals surface area contributed by atoms with E-state index < -0.39 is 5.60 Å². The number of hydrogen-bond donors (Lipinski definition) is 1. The SMILES string of the molecule is Cn1nc(C(=O)N2CCC(C)(O)C2)c2ccccc21. The van der Waals surface area contributed by atoms with Crippen LogP contribution in [0.4, 0.5) is 0 Å². The minimum atomic E-state index is -0.778. The normalized spacial score (nSPS) is 23.2. The number of likely N-dealkylation sites (tertiary alicyclic amines) is 1. The lowest BCUT2D eigenvalue weighted by molar-refractivity contribution is 0.0569. The molecule has 1 aliphatic rings. The highest BCUT2D eigenvalue weighted by atomic mass is 16.3. The first-order chi connectivity index (χ1) is 8.98. The Morgan fingerprint density at radius 3 is 2.84 bits per heavy atom. The second-order valence-electron chi connectivity index (χ2n) is 5.46. The number of amides is 1. The van der Waals surface area contributed by atoms with Crippen LogP contribution in [0.5, 0.6) is 0 Å². The third kappa shape index (κ3) is 2.00. The van der Waals surface area contributed by atoms with Gasteiger partial charge >= 0.3 is 0 Å². The van der Waals surface area contributed by atoms with Gasteiger partial charge in [-0.1, -0.05) is 18.2 Å². The van der Waals surface area contributed by atoms with Crippen molar-refractivity contribution >= 4 is 16.8 Å². The van der Waals surface area contributed by atoms with E-state index >= 15 is 0 Å². The lowest BCUT2D eigenvalue weighted by Crippen LogP contribution is -2.34. The summed E-state index contributed by atoms with van der Waals surface area (Å²) in [4.78, 5) is 14.2. The molecular formula is C14H17N3O2. The predicted molar refractivity (Wildman–Crippen MR) is 71.9 cm³/mol. The highest BCUT2D eigenvalue weighted by molar-refractivity contribution is 6.04. The van der Waals surface area contributed by atoms with Gasteiger partial charge in [-0.05, 0) is 19.4 Å². The molecule has 5 nitrogen and oxygen atoms in total. The van der Waals surface area contributed by atoms with E-state index in [1.807, 2.05) is 31.3 Å². The molecule has 19 heavy (non-hydrogen) atoms. The van der Waals surface area contributed by atoms with Crippen LogP contribution in [0.3, 0.4) is 0 Å². The average molecular weight is 259 g/mol. The number of fused-ring (bicyclic) bond motifs is 1. The quantitative estimate of drug-likeness (QED) is 0.836. The van der Waals surface area contributed by atoms with Crippen LogP contribution >= 0.6 is 0 Å². The van der Waals surface area contributed by atoms with Crippen LogP contribution in [-0.2, 0) is 7.05 Å². The summed E-state index contributed by atoms with van der Waals surface area (Å²) in [7, 11) is 1.83. The van der Waals surface area contributed by atoms with Crippen LogP contribution in [-0.4, -0.2) is 44.4 Å². The van der Waals surface area contributed by atoms with Gasteiger partial charge in [-0.25, -0.2) is 0 Å². The summed E-state index contributed by atoms with van der Waals surface area (Å²) >= 11 is 0. The number of aliphatic hydroxyl groups is 1. The molecule has 0 radical (unpaired) electrons. The smallest absolute Gasteiger partial charge is 0.275 e. The monoisotopic (exact) mass is 259 g/mol. The Bertz CT molecular complexity index is 645. The van der Waals surface area contributed by atoms with Crippen molar-refractivity contribution in [1.82, 2.24) is 14.7 Å². The Morgan fingerprint density at radius 1 is 1.42 bits per heavy atom. The molecule has 1 aromatic heterocycles. The molecule has 1 saturated heterocycles. The van der Waals surface area contributed by atoms with E-state index in [-0.39, 0.29) is 5.91 Å². The molecule has 5 heteroatoms. The summed E-state index contributed by atoms with van der Waals surface area (Å²) < 4.78 is 1.72. The van der Waals surface area contributed by atoms with E-state index in [0.717, 1.165) is 10.9 Å². The maximum absolute atomic E-state index is 12.5. The number of rotatable bonds is 1. The van der Waals surface area contributed by atoms with Gasteiger partial charge in [0, 0.05) is 25.5 Å². The van der Waals surface area contributed by atoms with Crippen molar-refractivity contribution < 1.29 is 9.90 Å². The molecule has 1 amide bonds. The highest BCUT2D eigenvalue weighted by Gasteiger charge is 2.35. The van der Waals surface area contributed by atoms with Crippen LogP contribution in [0.1, 0.15) is 23.8 Å². The number of carbonyl (C=O) groups is 1. The van der Waals surface area contributed by atoms with E-state index in [4.69, 9.17) is 0 Å². The minimum Gasteiger partial charge on any atom is -0.388 e. The summed E-state index contributed by atoms with van der Waals surface area (Å²) in [6.45, 7) is 2.71. The molecule has 1 unspecified atom stereocenters. The molecule has 1 fully saturated rings. The summed E-state index contributed by atoms with van der Waals surface area (Å²) in [5, 5.41) is 15.1. The second-order valence-corrected chi connectivity index (χ2v) is 5.46. The number of nitrogens with zero attached hydrogens (tertiary/aromatic N) is 3. The van der Waals surface area contributed by atoms with Crippen molar-refractivity contribution in [3.63, 3.8) is 0 Å². The first-order valence-electron chi connectivity index (χ1n) is 6.41. The number of aryl methyl sites for hydroxylation is 1. The van der Waals surface area contributed by atoms with Gasteiger partial charge in [-0.2, -0.15) is 5.10 Å². The molecule has 1 aliphatic heterocycles. The molecule has 2 aromatic rings. The molecule has 2 heterocycles. The minimum absolute atomic E-state index is 0.102. The molecular weight excluding hydrogens is 242 g/mol. The maximum Gasteiger partial charge on any atom is 0.275 e. The summed E-state index contributed by atoms with van der Waals surface area (Å²) in [5.74, 6) is -0.102. The van der Waals surface area contributed by atoms with Gasteiger partial charge < -0.3 is 10.0 Å². The average Bonchev–Trinajstić information content (AvgIpc) is 2.90. The van der Waals surface area contributed by atoms with Crippen molar-refractivity contribution in [1.29, 1.82) is 0 Å². The summed E-state index contributed by atoms with van der Waals surface area (Å²) in [6.07, 6.45) is 0.615. The fraction of sp³-hybridized carbons (Fsp3) is 0.429. The van der Waals surface area contributed by atoms with Gasteiger partial charge in [0.2, 0.25) is 0 Å². The van der Waals surface area contributed by atoms with Crippen molar-refractivity contribution in [2.24, 2.45) is 7.05 Å². The molecule has 1 aromatic carbocycles. The maximum atomic E-state index is 12.5. The van der Waals surface area contributed by atoms with Gasteiger partial charge in [-0.3, -0.25) is 9.48 Å². The zero-order valence-electron chi connectivity index (χ0n) is 11.1. The molecule has 100 valence electrons. The Hall–Kier alpha value is -1.88. The molecule has 1 N–H and O–H groups in total. The standard InChI is InChI=1S/C14H17N3O2/c1-14(19)7-8-17(9-14)13(18)12-10-5-3-4-6-11(10)16(2)15-12/h3-6,19H,7-9H2,1-2H3. The molecule has 0 spiro atoms. The zero-order valence-corrected chi connectivity index (χ0v) is 11.1. The fourth-order valence-corrected chi connectivity index (χ4v) is 2.64. The Kier molecular flexibility index (Phi) is 2.60. The molecule has 0 saturated carbocycles. The van der Waals surface area contributed by atoms with Gasteiger partial charge in [0.15, 0.2) is 5.69 Å². The number of benzene rings is 1. The number of para-hydroxylation sites is 1. The third-order valence-electron chi connectivity index (χ3n) is 3.70. The van der Waals surface area contributed by atoms with Crippen LogP contribution < -0.4 is 0 Å². The van der Waals surface area contributed by atoms with E-state index in [1.165, 1.54) is 0 Å². The van der Waals surface area contributed by atoms with Crippen molar-refractivity contribution in [2.75, 3.05) is 13.1 Å². The third-order valence-corrected chi connectivity index (χ3v) is 3.70. The fourth-order valence-electron chi connectivity index (χ4n) is 2.64. The zero-order chi connectivity index (χ0) is 13.6. The topological polar surface area (TPSA) is 58.4 Å². The predicted octanol–water partition coefficient (Wildman–Crippen LogP) is 1.17. The molecule has 0 bridgehead atoms. The van der Waals surface area contributed by atoms with Gasteiger partial charge in [-0.15, -0.1) is 0 Å². The molecule has 3 rings (SSSR count). The first kappa shape index (κ1) is 12.2. The van der Waals surface area contributed by atoms with Gasteiger partial charge in [0.05, 0.1) is 11.1 Å². The van der Waals surface area contributed by atoms with Crippen molar-refractivity contribution in [3.8, 4) is 0 Å². The lowest BCUT2D eigenvalue weighted by atomic mass is 10.1. The van der Waals surface area contributed by atoms with Gasteiger partial charge in [0.25, 0.3) is 5.91 Å². The largest absolute Gasteiger partial charge is 0.388 e. The van der Waals surface area contributed by atoms with E-state index in [2.05, 4.69) is 5.10 Å².